The second-order valence-corrected chi connectivity index (χ2v) is 4.28. The number of fused-ring (bicyclic) bond motifs is 1. The molecule has 0 saturated carbocycles. The van der Waals surface area contributed by atoms with E-state index >= 15 is 0 Å². The normalized spacial score (nSPS) is 16.2. The Hall–Kier alpha value is -1.75. The fourth-order valence-electron chi connectivity index (χ4n) is 2.00. The Kier molecular flexibility index (Phi) is 3.19. The molecule has 0 spiro atoms. The van der Waals surface area contributed by atoms with Gasteiger partial charge < -0.3 is 5.32 Å². The zero-order valence-corrected chi connectivity index (χ0v) is 9.93. The SMILES string of the molecule is CNCC(C)CN1C(=O)c2cccnc2C1=O. The molecule has 2 amide bonds. The van der Waals surface area contributed by atoms with Crippen molar-refractivity contribution in [3.05, 3.63) is 29.6 Å². The summed E-state index contributed by atoms with van der Waals surface area (Å²) in [5.41, 5.74) is 0.684. The van der Waals surface area contributed by atoms with Crippen LogP contribution in [0.2, 0.25) is 0 Å². The van der Waals surface area contributed by atoms with Crippen molar-refractivity contribution in [3.8, 4) is 0 Å². The molecule has 90 valence electrons. The lowest BCUT2D eigenvalue weighted by atomic mass is 10.1. The highest BCUT2D eigenvalue weighted by Crippen LogP contribution is 2.21. The molecular weight excluding hydrogens is 218 g/mol. The molecule has 1 aliphatic rings. The molecule has 17 heavy (non-hydrogen) atoms. The third kappa shape index (κ3) is 2.06. The van der Waals surface area contributed by atoms with Gasteiger partial charge in [0.2, 0.25) is 0 Å². The number of hydrogen-bond donors (Lipinski definition) is 1. The van der Waals surface area contributed by atoms with E-state index < -0.39 is 0 Å². The van der Waals surface area contributed by atoms with E-state index in [9.17, 15) is 9.59 Å². The first-order chi connectivity index (χ1) is 8.15. The topological polar surface area (TPSA) is 62.3 Å². The minimum Gasteiger partial charge on any atom is -0.319 e. The van der Waals surface area contributed by atoms with Crippen LogP contribution < -0.4 is 5.32 Å². The Morgan fingerprint density at radius 1 is 1.41 bits per heavy atom. The van der Waals surface area contributed by atoms with Crippen LogP contribution in [0.1, 0.15) is 27.8 Å². The van der Waals surface area contributed by atoms with E-state index in [1.54, 1.807) is 12.1 Å². The van der Waals surface area contributed by atoms with Gasteiger partial charge in [-0.25, -0.2) is 0 Å². The van der Waals surface area contributed by atoms with Gasteiger partial charge in [0.1, 0.15) is 5.69 Å². The van der Waals surface area contributed by atoms with E-state index in [0.717, 1.165) is 6.54 Å². The van der Waals surface area contributed by atoms with Crippen LogP contribution in [-0.4, -0.2) is 41.8 Å². The van der Waals surface area contributed by atoms with Crippen molar-refractivity contribution in [2.45, 2.75) is 6.92 Å². The Morgan fingerprint density at radius 3 is 2.82 bits per heavy atom. The summed E-state index contributed by atoms with van der Waals surface area (Å²) < 4.78 is 0. The van der Waals surface area contributed by atoms with Gasteiger partial charge in [-0.05, 0) is 31.6 Å². The summed E-state index contributed by atoms with van der Waals surface area (Å²) >= 11 is 0. The zero-order chi connectivity index (χ0) is 12.4. The summed E-state index contributed by atoms with van der Waals surface area (Å²) in [5, 5.41) is 3.03. The van der Waals surface area contributed by atoms with Crippen molar-refractivity contribution in [2.75, 3.05) is 20.1 Å². The van der Waals surface area contributed by atoms with E-state index in [1.165, 1.54) is 11.1 Å². The number of pyridine rings is 1. The fourth-order valence-corrected chi connectivity index (χ4v) is 2.00. The van der Waals surface area contributed by atoms with Gasteiger partial charge in [0.15, 0.2) is 0 Å². The van der Waals surface area contributed by atoms with Gasteiger partial charge in [-0.1, -0.05) is 6.92 Å². The Balaban J connectivity index is 2.19. The van der Waals surface area contributed by atoms with Crippen molar-refractivity contribution in [1.29, 1.82) is 0 Å². The van der Waals surface area contributed by atoms with Crippen LogP contribution >= 0.6 is 0 Å². The predicted molar refractivity (Wildman–Crippen MR) is 62.7 cm³/mol. The second kappa shape index (κ2) is 4.63. The van der Waals surface area contributed by atoms with Gasteiger partial charge in [0.25, 0.3) is 11.8 Å². The number of hydrogen-bond acceptors (Lipinski definition) is 4. The molecule has 2 heterocycles. The Bertz CT molecular complexity index is 424. The maximum atomic E-state index is 12.0. The third-order valence-corrected chi connectivity index (χ3v) is 2.78. The summed E-state index contributed by atoms with van der Waals surface area (Å²) in [4.78, 5) is 29.2. The molecular formula is C12H15N3O2. The highest BCUT2D eigenvalue weighted by molar-refractivity contribution is 6.20. The number of amides is 2. The smallest absolute Gasteiger partial charge is 0.280 e. The first-order valence-electron chi connectivity index (χ1n) is 5.61. The lowest BCUT2D eigenvalue weighted by Gasteiger charge is -2.18. The highest BCUT2D eigenvalue weighted by atomic mass is 16.2. The van der Waals surface area contributed by atoms with Crippen molar-refractivity contribution >= 4 is 11.8 Å². The van der Waals surface area contributed by atoms with E-state index in [1.807, 2.05) is 14.0 Å². The molecule has 1 atom stereocenters. The molecule has 2 rings (SSSR count). The van der Waals surface area contributed by atoms with Crippen molar-refractivity contribution < 1.29 is 9.59 Å². The van der Waals surface area contributed by atoms with Crippen LogP contribution in [0, 0.1) is 5.92 Å². The minimum atomic E-state index is -0.284. The van der Waals surface area contributed by atoms with Crippen LogP contribution in [0.3, 0.4) is 0 Å². The third-order valence-electron chi connectivity index (χ3n) is 2.78. The summed E-state index contributed by atoms with van der Waals surface area (Å²) in [6, 6.07) is 3.32. The summed E-state index contributed by atoms with van der Waals surface area (Å²) in [6.45, 7) is 3.18. The van der Waals surface area contributed by atoms with Gasteiger partial charge in [-0.3, -0.25) is 19.5 Å². The number of imide groups is 1. The number of nitrogens with one attached hydrogen (secondary N) is 1. The first kappa shape index (κ1) is 11.7. The summed E-state index contributed by atoms with van der Waals surface area (Å²) in [5.74, 6) is -0.295. The monoisotopic (exact) mass is 233 g/mol. The lowest BCUT2D eigenvalue weighted by molar-refractivity contribution is 0.0631. The van der Waals surface area contributed by atoms with Crippen molar-refractivity contribution in [3.63, 3.8) is 0 Å². The van der Waals surface area contributed by atoms with Crippen LogP contribution in [0.4, 0.5) is 0 Å². The largest absolute Gasteiger partial charge is 0.319 e. The lowest BCUT2D eigenvalue weighted by Crippen LogP contribution is -2.36. The molecule has 0 bridgehead atoms. The number of carbonyl (C=O) groups is 2. The van der Waals surface area contributed by atoms with Crippen molar-refractivity contribution in [1.82, 2.24) is 15.2 Å². The molecule has 0 radical (unpaired) electrons. The molecule has 1 aromatic heterocycles. The molecule has 5 nitrogen and oxygen atoms in total. The summed E-state index contributed by atoms with van der Waals surface area (Å²) in [6.07, 6.45) is 1.53. The molecule has 0 aliphatic carbocycles. The zero-order valence-electron chi connectivity index (χ0n) is 9.93. The van der Waals surface area contributed by atoms with Crippen LogP contribution in [0.25, 0.3) is 0 Å². The van der Waals surface area contributed by atoms with Gasteiger partial charge in [-0.2, -0.15) is 0 Å². The first-order valence-corrected chi connectivity index (χ1v) is 5.61. The molecule has 1 unspecified atom stereocenters. The second-order valence-electron chi connectivity index (χ2n) is 4.28. The van der Waals surface area contributed by atoms with E-state index in [2.05, 4.69) is 10.3 Å². The average Bonchev–Trinajstić information content (AvgIpc) is 2.56. The molecule has 1 N–H and O–H groups in total. The molecule has 1 aromatic rings. The van der Waals surface area contributed by atoms with E-state index in [0.29, 0.717) is 12.1 Å². The number of aromatic nitrogens is 1. The molecule has 5 heteroatoms. The molecule has 0 saturated heterocycles. The Morgan fingerprint density at radius 2 is 2.18 bits per heavy atom. The molecule has 1 aliphatic heterocycles. The maximum absolute atomic E-state index is 12.0. The Labute approximate surface area is 99.8 Å². The molecule has 0 fully saturated rings. The standard InChI is InChI=1S/C12H15N3O2/c1-8(6-13-2)7-15-11(16)9-4-3-5-14-10(9)12(15)17/h3-5,8,13H,6-7H2,1-2H3. The van der Waals surface area contributed by atoms with E-state index in [4.69, 9.17) is 0 Å². The van der Waals surface area contributed by atoms with Gasteiger partial charge >= 0.3 is 0 Å². The average molecular weight is 233 g/mol. The summed E-state index contributed by atoms with van der Waals surface area (Å²) in [7, 11) is 1.85. The fraction of sp³-hybridized carbons (Fsp3) is 0.417. The number of nitrogens with zero attached hydrogens (tertiary/aromatic N) is 2. The number of carbonyl (C=O) groups excluding carboxylic acids is 2. The van der Waals surface area contributed by atoms with E-state index in [-0.39, 0.29) is 23.4 Å². The van der Waals surface area contributed by atoms with Gasteiger partial charge in [0.05, 0.1) is 5.56 Å². The van der Waals surface area contributed by atoms with Crippen LogP contribution in [0.15, 0.2) is 18.3 Å². The van der Waals surface area contributed by atoms with Gasteiger partial charge in [0, 0.05) is 12.7 Å². The predicted octanol–water partition coefficient (Wildman–Crippen LogP) is 0.533. The van der Waals surface area contributed by atoms with Crippen LogP contribution in [0.5, 0.6) is 0 Å². The molecule has 0 aromatic carbocycles. The number of rotatable bonds is 4. The van der Waals surface area contributed by atoms with Crippen LogP contribution in [-0.2, 0) is 0 Å². The maximum Gasteiger partial charge on any atom is 0.280 e. The minimum absolute atomic E-state index is 0.224. The van der Waals surface area contributed by atoms with Crippen molar-refractivity contribution in [2.24, 2.45) is 5.92 Å². The quantitative estimate of drug-likeness (QED) is 0.771. The van der Waals surface area contributed by atoms with Gasteiger partial charge in [-0.15, -0.1) is 0 Å². The highest BCUT2D eigenvalue weighted by Gasteiger charge is 2.36.